The Morgan fingerprint density at radius 3 is 2.24 bits per heavy atom. The Hall–Kier alpha value is -3.67. The topological polar surface area (TPSA) is 64.7 Å². The van der Waals surface area contributed by atoms with Crippen molar-refractivity contribution in [1.82, 2.24) is 19.6 Å². The maximum absolute atomic E-state index is 13.3. The number of anilines is 1. The molecule has 146 valence electrons. The summed E-state index contributed by atoms with van der Waals surface area (Å²) in [7, 11) is 0. The van der Waals surface area contributed by atoms with Gasteiger partial charge in [-0.2, -0.15) is 10.2 Å². The number of carbonyl (C=O) groups is 1. The summed E-state index contributed by atoms with van der Waals surface area (Å²) in [6, 6.07) is 19.6. The number of hydrogen-bond acceptors (Lipinski definition) is 3. The van der Waals surface area contributed by atoms with E-state index in [2.05, 4.69) is 10.4 Å². The molecule has 0 atom stereocenters. The van der Waals surface area contributed by atoms with Crippen LogP contribution in [0.2, 0.25) is 0 Å². The highest BCUT2D eigenvalue weighted by Gasteiger charge is 2.24. The Balaban J connectivity index is 1.81. The zero-order valence-corrected chi connectivity index (χ0v) is 16.8. The number of nitrogens with zero attached hydrogens (tertiary/aromatic N) is 4. The molecule has 0 aliphatic rings. The lowest BCUT2D eigenvalue weighted by molar-refractivity contribution is 0.102. The van der Waals surface area contributed by atoms with Gasteiger partial charge in [-0.3, -0.25) is 9.48 Å². The van der Waals surface area contributed by atoms with E-state index in [4.69, 9.17) is 5.10 Å². The van der Waals surface area contributed by atoms with Crippen LogP contribution in [0.4, 0.5) is 5.69 Å². The van der Waals surface area contributed by atoms with Crippen LogP contribution in [0, 0.1) is 13.8 Å². The molecule has 0 spiro atoms. The highest BCUT2D eigenvalue weighted by atomic mass is 16.1. The number of nitrogens with one attached hydrogen (secondary N) is 1. The molecule has 0 aliphatic carbocycles. The average Bonchev–Trinajstić information content (AvgIpc) is 3.29. The highest BCUT2D eigenvalue weighted by molar-refractivity contribution is 6.09. The van der Waals surface area contributed by atoms with Crippen LogP contribution in [0.3, 0.4) is 0 Å². The van der Waals surface area contributed by atoms with Gasteiger partial charge in [0.15, 0.2) is 0 Å². The Morgan fingerprint density at radius 1 is 0.966 bits per heavy atom. The van der Waals surface area contributed by atoms with Gasteiger partial charge in [0.05, 0.1) is 34.5 Å². The van der Waals surface area contributed by atoms with Crippen LogP contribution in [-0.4, -0.2) is 25.5 Å². The summed E-state index contributed by atoms with van der Waals surface area (Å²) in [5.41, 5.74) is 5.45. The Morgan fingerprint density at radius 2 is 1.62 bits per heavy atom. The summed E-state index contributed by atoms with van der Waals surface area (Å²) < 4.78 is 3.67. The number of carbonyl (C=O) groups excluding carboxylic acids is 1. The summed E-state index contributed by atoms with van der Waals surface area (Å²) in [5, 5.41) is 12.1. The second-order valence-electron chi connectivity index (χ2n) is 6.84. The normalized spacial score (nSPS) is 10.9. The van der Waals surface area contributed by atoms with Crippen LogP contribution < -0.4 is 5.32 Å². The summed E-state index contributed by atoms with van der Waals surface area (Å²) in [6.07, 6.45) is 1.69. The van der Waals surface area contributed by atoms with Gasteiger partial charge in [-0.05, 0) is 32.9 Å². The van der Waals surface area contributed by atoms with Gasteiger partial charge < -0.3 is 5.32 Å². The SMILES string of the molecule is CCn1ncc(NC(=O)c2c(-c3ccccc3)nn(-c3ccccc3)c2C)c1C. The lowest BCUT2D eigenvalue weighted by atomic mass is 10.1. The molecule has 0 saturated carbocycles. The van der Waals surface area contributed by atoms with E-state index in [1.807, 2.05) is 90.8 Å². The first-order chi connectivity index (χ1) is 14.1. The smallest absolute Gasteiger partial charge is 0.259 e. The van der Waals surface area contributed by atoms with E-state index in [0.29, 0.717) is 16.9 Å². The molecule has 6 nitrogen and oxygen atoms in total. The number of para-hydroxylation sites is 1. The van der Waals surface area contributed by atoms with Gasteiger partial charge in [-0.15, -0.1) is 0 Å². The average molecular weight is 385 g/mol. The molecule has 2 aromatic carbocycles. The first-order valence-corrected chi connectivity index (χ1v) is 9.64. The monoisotopic (exact) mass is 385 g/mol. The van der Waals surface area contributed by atoms with Crippen molar-refractivity contribution >= 4 is 11.6 Å². The molecule has 0 saturated heterocycles. The van der Waals surface area contributed by atoms with Crippen LogP contribution in [0.1, 0.15) is 28.7 Å². The molecule has 2 aromatic heterocycles. The number of amides is 1. The first kappa shape index (κ1) is 18.7. The summed E-state index contributed by atoms with van der Waals surface area (Å²) >= 11 is 0. The van der Waals surface area contributed by atoms with Crippen LogP contribution in [0.15, 0.2) is 66.9 Å². The molecule has 0 aliphatic heterocycles. The van der Waals surface area contributed by atoms with Crippen molar-refractivity contribution in [2.24, 2.45) is 0 Å². The maximum atomic E-state index is 13.3. The molecule has 1 N–H and O–H groups in total. The molecule has 1 amide bonds. The van der Waals surface area contributed by atoms with E-state index in [1.165, 1.54) is 0 Å². The minimum Gasteiger partial charge on any atom is -0.319 e. The molecule has 0 bridgehead atoms. The van der Waals surface area contributed by atoms with Gasteiger partial charge >= 0.3 is 0 Å². The number of aromatic nitrogens is 4. The summed E-state index contributed by atoms with van der Waals surface area (Å²) in [4.78, 5) is 13.3. The summed E-state index contributed by atoms with van der Waals surface area (Å²) in [6.45, 7) is 6.64. The van der Waals surface area contributed by atoms with Gasteiger partial charge in [-0.1, -0.05) is 48.5 Å². The molecule has 29 heavy (non-hydrogen) atoms. The second kappa shape index (κ2) is 7.75. The Bertz CT molecular complexity index is 1140. The first-order valence-electron chi connectivity index (χ1n) is 9.64. The van der Waals surface area contributed by atoms with Crippen molar-refractivity contribution < 1.29 is 4.79 Å². The quantitative estimate of drug-likeness (QED) is 0.545. The number of benzene rings is 2. The van der Waals surface area contributed by atoms with Crippen molar-refractivity contribution in [3.63, 3.8) is 0 Å². The highest BCUT2D eigenvalue weighted by Crippen LogP contribution is 2.28. The molecule has 4 aromatic rings. The van der Waals surface area contributed by atoms with E-state index < -0.39 is 0 Å². The van der Waals surface area contributed by atoms with Crippen LogP contribution in [-0.2, 0) is 6.54 Å². The van der Waals surface area contributed by atoms with Gasteiger partial charge in [0.2, 0.25) is 0 Å². The van der Waals surface area contributed by atoms with E-state index in [1.54, 1.807) is 6.20 Å². The second-order valence-corrected chi connectivity index (χ2v) is 6.84. The molecular formula is C23H23N5O. The summed E-state index contributed by atoms with van der Waals surface area (Å²) in [5.74, 6) is -0.192. The molecule has 0 unspecified atom stereocenters. The molecule has 2 heterocycles. The fourth-order valence-electron chi connectivity index (χ4n) is 3.47. The van der Waals surface area contributed by atoms with Gasteiger partial charge in [-0.25, -0.2) is 4.68 Å². The third-order valence-corrected chi connectivity index (χ3v) is 5.04. The largest absolute Gasteiger partial charge is 0.319 e. The Labute approximate surface area is 169 Å². The third kappa shape index (κ3) is 3.45. The van der Waals surface area contributed by atoms with Gasteiger partial charge in [0.1, 0.15) is 5.69 Å². The predicted octanol–water partition coefficient (Wildman–Crippen LogP) is 4.62. The molecule has 0 fully saturated rings. The molecular weight excluding hydrogens is 362 g/mol. The zero-order valence-electron chi connectivity index (χ0n) is 16.8. The van der Waals surface area contributed by atoms with E-state index in [9.17, 15) is 4.79 Å². The van der Waals surface area contributed by atoms with Crippen molar-refractivity contribution in [3.8, 4) is 16.9 Å². The van der Waals surface area contributed by atoms with Crippen molar-refractivity contribution in [2.45, 2.75) is 27.3 Å². The molecule has 6 heteroatoms. The lowest BCUT2D eigenvalue weighted by Gasteiger charge is -2.07. The fraction of sp³-hybridized carbons (Fsp3) is 0.174. The standard InChI is InChI=1S/C23H23N5O/c1-4-27-16(2)20(15-24-27)25-23(29)21-17(3)28(19-13-9-6-10-14-19)26-22(21)18-11-7-5-8-12-18/h5-15H,4H2,1-3H3,(H,25,29). The predicted molar refractivity (Wildman–Crippen MR) is 114 cm³/mol. The lowest BCUT2D eigenvalue weighted by Crippen LogP contribution is -2.14. The number of rotatable bonds is 5. The minimum atomic E-state index is -0.192. The van der Waals surface area contributed by atoms with Crippen molar-refractivity contribution in [3.05, 3.63) is 83.8 Å². The van der Waals surface area contributed by atoms with E-state index in [0.717, 1.165) is 29.2 Å². The van der Waals surface area contributed by atoms with Crippen LogP contribution in [0.25, 0.3) is 16.9 Å². The zero-order chi connectivity index (χ0) is 20.4. The van der Waals surface area contributed by atoms with Gasteiger partial charge in [0.25, 0.3) is 5.91 Å². The third-order valence-electron chi connectivity index (χ3n) is 5.04. The van der Waals surface area contributed by atoms with E-state index >= 15 is 0 Å². The van der Waals surface area contributed by atoms with Crippen LogP contribution in [0.5, 0.6) is 0 Å². The van der Waals surface area contributed by atoms with Gasteiger partial charge in [0, 0.05) is 12.1 Å². The Kier molecular flexibility index (Phi) is 4.99. The van der Waals surface area contributed by atoms with Crippen LogP contribution >= 0.6 is 0 Å². The van der Waals surface area contributed by atoms with Crippen molar-refractivity contribution in [2.75, 3.05) is 5.32 Å². The maximum Gasteiger partial charge on any atom is 0.259 e. The molecule has 4 rings (SSSR count). The fourth-order valence-corrected chi connectivity index (χ4v) is 3.47. The molecule has 0 radical (unpaired) electrons. The number of hydrogen-bond donors (Lipinski definition) is 1. The number of aryl methyl sites for hydroxylation is 1. The van der Waals surface area contributed by atoms with Crippen molar-refractivity contribution in [1.29, 1.82) is 0 Å². The van der Waals surface area contributed by atoms with E-state index in [-0.39, 0.29) is 5.91 Å². The minimum absolute atomic E-state index is 0.192.